The molecule has 4 unspecified atom stereocenters. The minimum atomic E-state index is -4.79. The zero-order chi connectivity index (χ0) is 81.4. The molecule has 0 amide bonds. The molecule has 4 atom stereocenters. The second-order valence-corrected chi connectivity index (χ2v) is 43.5. The van der Waals surface area contributed by atoms with Crippen LogP contribution in [0.1, 0.15) is 578 Å². The highest BCUT2D eigenvalue weighted by Gasteiger charge is 2.77. The van der Waals surface area contributed by atoms with Crippen molar-refractivity contribution in [3.05, 3.63) is 0 Å². The van der Waals surface area contributed by atoms with Crippen LogP contribution in [0, 0.1) is 28.1 Å². The predicted octanol–water partition coefficient (Wildman–Crippen LogP) is 33.5. The van der Waals surface area contributed by atoms with Crippen LogP contribution in [0.15, 0.2) is 0 Å². The molecule has 0 radical (unpaired) electrons. The van der Waals surface area contributed by atoms with Crippen molar-refractivity contribution in [1.29, 1.82) is 0 Å². The maximum atomic E-state index is 13.2. The molecule has 0 aliphatic rings. The summed E-state index contributed by atoms with van der Waals surface area (Å²) in [7, 11) is -14.2. The zero-order valence-electron chi connectivity index (χ0n) is 76.3. The van der Waals surface area contributed by atoms with Gasteiger partial charge in [-0.2, -0.15) is 44.0 Å². The molecule has 0 saturated carbocycles. The first-order chi connectivity index (χ1) is 52.3. The molecule has 0 spiro atoms. The molecule has 0 aromatic carbocycles. The van der Waals surface area contributed by atoms with E-state index in [1.54, 1.807) is 0 Å². The Hall–Kier alpha value is 0.930. The van der Waals surface area contributed by atoms with E-state index >= 15 is 0 Å². The standard InChI is InChI=1S/C97H202O9P3/c1-14-23-29-35-41-47-53-59-65-71-77-83-95(107(98,99)100,84-78-72-66-60-54-48-42-36-30-24-15-2)92(11,20-7)90(10)89-91(93(12,21-8)96(108(101,102)103,85-79-73-67-61-55-49-43-37-31-25-16-3)86-80-74-68-62-56-50-44-38-32-26-17-4)94(13,22-9)97(109(104,105)106,87-81-75-69-63-57-51-45-39-33-27-18-5)88-82-76-70-64-58-52-46-40-34-28-19-6/h90-91,98-106H,14-89H2,1-13H3/q+3. The van der Waals surface area contributed by atoms with E-state index in [4.69, 9.17) is 0 Å². The number of hydrogen-bond donors (Lipinski definition) is 9. The fraction of sp³-hybridized carbons (Fsp3) is 1.00. The van der Waals surface area contributed by atoms with E-state index < -0.39 is 61.5 Å². The van der Waals surface area contributed by atoms with Gasteiger partial charge in [-0.15, -0.1) is 0 Å². The van der Waals surface area contributed by atoms with Crippen LogP contribution in [0.2, 0.25) is 0 Å². The van der Waals surface area contributed by atoms with Crippen molar-refractivity contribution in [3.8, 4) is 0 Å². The van der Waals surface area contributed by atoms with Crippen molar-refractivity contribution < 1.29 is 44.0 Å². The summed E-state index contributed by atoms with van der Waals surface area (Å²) in [6.07, 6.45) is 81.3. The van der Waals surface area contributed by atoms with Gasteiger partial charge in [-0.25, -0.2) is 0 Å². The Morgan fingerprint density at radius 1 is 0.183 bits per heavy atom. The van der Waals surface area contributed by atoms with Crippen LogP contribution in [0.3, 0.4) is 0 Å². The van der Waals surface area contributed by atoms with Crippen LogP contribution in [0.5, 0.6) is 0 Å². The molecule has 0 aliphatic heterocycles. The fourth-order valence-corrected chi connectivity index (χ4v) is 27.1. The summed E-state index contributed by atoms with van der Waals surface area (Å²) in [5.74, 6) is -0.833. The Morgan fingerprint density at radius 2 is 0.303 bits per heavy atom. The van der Waals surface area contributed by atoms with Crippen LogP contribution < -0.4 is 0 Å². The van der Waals surface area contributed by atoms with Gasteiger partial charge in [0.25, 0.3) is 0 Å². The lowest BCUT2D eigenvalue weighted by Gasteiger charge is -2.61. The van der Waals surface area contributed by atoms with Gasteiger partial charge in [-0.3, -0.25) is 0 Å². The lowest BCUT2D eigenvalue weighted by atomic mass is 9.47. The molecular weight excluding hydrogens is 1400 g/mol. The van der Waals surface area contributed by atoms with E-state index in [9.17, 15) is 44.0 Å². The smallest absolute Gasteiger partial charge is 0.192 e. The first kappa shape index (κ1) is 110. The number of unbranched alkanes of at least 4 members (excludes halogenated alkanes) is 60. The van der Waals surface area contributed by atoms with Crippen LogP contribution >= 0.6 is 23.8 Å². The van der Waals surface area contributed by atoms with Crippen molar-refractivity contribution in [2.45, 2.75) is 593 Å². The third-order valence-electron chi connectivity index (χ3n) is 29.5. The van der Waals surface area contributed by atoms with Gasteiger partial charge < -0.3 is 0 Å². The van der Waals surface area contributed by atoms with Gasteiger partial charge in [-0.05, 0) is 115 Å². The fourth-order valence-electron chi connectivity index (χ4n) is 21.3. The van der Waals surface area contributed by atoms with E-state index in [0.29, 0.717) is 64.2 Å². The van der Waals surface area contributed by atoms with Crippen molar-refractivity contribution in [3.63, 3.8) is 0 Å². The van der Waals surface area contributed by atoms with E-state index in [1.165, 1.54) is 270 Å². The predicted molar refractivity (Wildman–Crippen MR) is 488 cm³/mol. The van der Waals surface area contributed by atoms with Crippen LogP contribution in [0.25, 0.3) is 0 Å². The first-order valence-corrected chi connectivity index (χ1v) is 54.5. The molecule has 12 heteroatoms. The van der Waals surface area contributed by atoms with Gasteiger partial charge in [0, 0.05) is 16.2 Å². The van der Waals surface area contributed by atoms with Crippen LogP contribution in [0.4, 0.5) is 0 Å². The second-order valence-electron chi connectivity index (χ2n) is 37.5. The largest absolute Gasteiger partial charge is 0.410 e. The Labute approximate surface area is 685 Å². The normalized spacial score (nSPS) is 15.2. The Bertz CT molecular complexity index is 1790. The van der Waals surface area contributed by atoms with E-state index in [2.05, 4.69) is 90.0 Å². The quantitative estimate of drug-likeness (QED) is 0.0211. The van der Waals surface area contributed by atoms with Gasteiger partial charge in [-0.1, -0.05) is 475 Å². The Balaban J connectivity index is 8.98. The van der Waals surface area contributed by atoms with E-state index in [1.807, 2.05) is 0 Å². The summed E-state index contributed by atoms with van der Waals surface area (Å²) in [6.45, 7) is 29.4. The minimum absolute atomic E-state index is 0.304. The highest BCUT2D eigenvalue weighted by atomic mass is 31.2. The zero-order valence-corrected chi connectivity index (χ0v) is 78.9. The first-order valence-electron chi connectivity index (χ1n) is 49.5. The molecule has 0 fully saturated rings. The molecule has 0 heterocycles. The maximum absolute atomic E-state index is 13.2. The molecule has 656 valence electrons. The molecular formula is C97H202O9P3+3. The van der Waals surface area contributed by atoms with Crippen molar-refractivity contribution >= 4 is 23.8 Å². The van der Waals surface area contributed by atoms with Gasteiger partial charge in [0.2, 0.25) is 0 Å². The van der Waals surface area contributed by atoms with Gasteiger partial charge >= 0.3 is 23.8 Å². The summed E-state index contributed by atoms with van der Waals surface area (Å²) >= 11 is 0. The average Bonchev–Trinajstić information content (AvgIpc) is 0.697. The summed E-state index contributed by atoms with van der Waals surface area (Å²) in [4.78, 5) is 118. The lowest BCUT2D eigenvalue weighted by molar-refractivity contribution is -0.0759. The topological polar surface area (TPSA) is 182 Å². The molecule has 0 bridgehead atoms. The number of rotatable bonds is 86. The molecule has 109 heavy (non-hydrogen) atoms. The van der Waals surface area contributed by atoms with E-state index in [0.717, 1.165) is 154 Å². The average molecular weight is 1610 g/mol. The highest BCUT2D eigenvalue weighted by Crippen LogP contribution is 2.80. The van der Waals surface area contributed by atoms with Crippen LogP contribution in [-0.2, 0) is 0 Å². The summed E-state index contributed by atoms with van der Waals surface area (Å²) in [5, 5.41) is -3.99. The third kappa shape index (κ3) is 43.1. The Kier molecular flexibility index (Phi) is 68.3. The monoisotopic (exact) mass is 1600 g/mol. The lowest BCUT2D eigenvalue weighted by Crippen LogP contribution is -2.62. The van der Waals surface area contributed by atoms with Gasteiger partial charge in [0.1, 0.15) is 0 Å². The molecule has 0 aliphatic carbocycles. The SMILES string of the molecule is CCCCCCCCCCCCCC(CCCCCCCCCCCCC)(C(C)(CC)C(C)CC(C(C)(CC)C(CCCCCCCCCCCCC)(CCCCCCCCCCCCC)[P+](O)(O)O)C(C)(CC)C(CCCCCCCCCCCCC)(CCCCCCCCCCCCC)[P+](O)(O)O)[P+](O)(O)O. The van der Waals surface area contributed by atoms with Crippen molar-refractivity contribution in [2.75, 3.05) is 0 Å². The Morgan fingerprint density at radius 3 is 0.422 bits per heavy atom. The third-order valence-corrected chi connectivity index (χ3v) is 35.8. The molecule has 0 aromatic rings. The highest BCUT2D eigenvalue weighted by molar-refractivity contribution is 7.61. The molecule has 9 N–H and O–H groups in total. The van der Waals surface area contributed by atoms with Gasteiger partial charge in [0.15, 0.2) is 15.5 Å². The van der Waals surface area contributed by atoms with Crippen molar-refractivity contribution in [1.82, 2.24) is 0 Å². The molecule has 0 rings (SSSR count). The summed E-state index contributed by atoms with van der Waals surface area (Å²) in [6, 6.07) is 0. The second kappa shape index (κ2) is 67.7. The summed E-state index contributed by atoms with van der Waals surface area (Å²) in [5.41, 5.74) is -2.94. The maximum Gasteiger partial charge on any atom is 0.410 e. The summed E-state index contributed by atoms with van der Waals surface area (Å²) < 4.78 is 0. The van der Waals surface area contributed by atoms with Crippen molar-refractivity contribution in [2.24, 2.45) is 28.1 Å². The van der Waals surface area contributed by atoms with E-state index in [-0.39, 0.29) is 5.92 Å². The molecule has 9 nitrogen and oxygen atoms in total. The van der Waals surface area contributed by atoms with Gasteiger partial charge in [0.05, 0.1) is 0 Å². The number of hydrogen-bond acceptors (Lipinski definition) is 9. The minimum Gasteiger partial charge on any atom is -0.192 e. The molecule has 0 aromatic heterocycles. The van der Waals surface area contributed by atoms with Crippen LogP contribution in [-0.4, -0.2) is 59.5 Å². The molecule has 0 saturated heterocycles.